The number of aromatic nitrogens is 1. The average Bonchev–Trinajstić information content (AvgIpc) is 2.64. The summed E-state index contributed by atoms with van der Waals surface area (Å²) >= 11 is 5.92. The summed E-state index contributed by atoms with van der Waals surface area (Å²) in [6.07, 6.45) is 4.92. The van der Waals surface area contributed by atoms with Gasteiger partial charge < -0.3 is 14.7 Å². The van der Waals surface area contributed by atoms with Crippen molar-refractivity contribution in [3.8, 4) is 5.75 Å². The summed E-state index contributed by atoms with van der Waals surface area (Å²) in [5.41, 5.74) is 1.08. The summed E-state index contributed by atoms with van der Waals surface area (Å²) in [4.78, 5) is 6.60. The molecule has 1 saturated carbocycles. The van der Waals surface area contributed by atoms with Gasteiger partial charge in [0.1, 0.15) is 18.0 Å². The topological polar surface area (TPSA) is 45.6 Å². The molecule has 1 heterocycles. The molecule has 4 nitrogen and oxygen atoms in total. The maximum Gasteiger partial charge on any atom is 0.126 e. The minimum atomic E-state index is -0.502. The van der Waals surface area contributed by atoms with Crippen LogP contribution in [0.2, 0.25) is 5.02 Å². The molecule has 0 amide bonds. The summed E-state index contributed by atoms with van der Waals surface area (Å²) in [6.45, 7) is 0.867. The van der Waals surface area contributed by atoms with Crippen LogP contribution in [0.4, 0.5) is 0 Å². The van der Waals surface area contributed by atoms with Crippen molar-refractivity contribution in [1.29, 1.82) is 0 Å². The van der Waals surface area contributed by atoms with Crippen LogP contribution in [0.1, 0.15) is 25.0 Å². The van der Waals surface area contributed by atoms with Crippen LogP contribution < -0.4 is 4.74 Å². The Morgan fingerprint density at radius 3 is 2.72 bits per heavy atom. The lowest BCUT2D eigenvalue weighted by Gasteiger charge is -2.39. The minimum absolute atomic E-state index is 0.106. The third-order valence-corrected chi connectivity index (χ3v) is 5.13. The van der Waals surface area contributed by atoms with Gasteiger partial charge in [-0.25, -0.2) is 0 Å². The number of likely N-dealkylation sites (N-methyl/N-ethyl adjacent to an activating group) is 1. The van der Waals surface area contributed by atoms with Crippen molar-refractivity contribution in [2.75, 3.05) is 13.6 Å². The van der Waals surface area contributed by atoms with Gasteiger partial charge in [-0.05, 0) is 62.7 Å². The lowest BCUT2D eigenvalue weighted by atomic mass is 9.89. The Balaban J connectivity index is 1.57. The Labute approximate surface area is 154 Å². The molecule has 3 rings (SSSR count). The lowest BCUT2D eigenvalue weighted by molar-refractivity contribution is -0.0470. The fraction of sp³-hybridized carbons (Fsp3) is 0.450. The summed E-state index contributed by atoms with van der Waals surface area (Å²) in [5, 5.41) is 11.5. The summed E-state index contributed by atoms with van der Waals surface area (Å²) in [6, 6.07) is 13.4. The van der Waals surface area contributed by atoms with Crippen molar-refractivity contribution >= 4 is 11.6 Å². The molecule has 5 heteroatoms. The van der Waals surface area contributed by atoms with Crippen molar-refractivity contribution < 1.29 is 9.84 Å². The fourth-order valence-electron chi connectivity index (χ4n) is 3.42. The van der Waals surface area contributed by atoms with E-state index in [0.717, 1.165) is 43.7 Å². The van der Waals surface area contributed by atoms with Crippen molar-refractivity contribution in [3.63, 3.8) is 0 Å². The number of benzene rings is 1. The predicted molar refractivity (Wildman–Crippen MR) is 100 cm³/mol. The van der Waals surface area contributed by atoms with Crippen molar-refractivity contribution in [1.82, 2.24) is 9.88 Å². The van der Waals surface area contributed by atoms with Crippen molar-refractivity contribution in [2.45, 2.75) is 43.9 Å². The van der Waals surface area contributed by atoms with E-state index in [9.17, 15) is 5.11 Å². The molecule has 1 fully saturated rings. The Bertz CT molecular complexity index is 651. The first-order valence-corrected chi connectivity index (χ1v) is 9.22. The van der Waals surface area contributed by atoms with Crippen molar-refractivity contribution in [3.05, 3.63) is 59.4 Å². The molecule has 1 aliphatic rings. The first-order chi connectivity index (χ1) is 12.1. The number of aliphatic hydroxyl groups is 1. The minimum Gasteiger partial charge on any atom is -0.488 e. The zero-order valence-electron chi connectivity index (χ0n) is 14.5. The molecule has 0 saturated heterocycles. The zero-order chi connectivity index (χ0) is 17.6. The number of nitrogens with zero attached hydrogens (tertiary/aromatic N) is 2. The summed E-state index contributed by atoms with van der Waals surface area (Å²) < 4.78 is 6.02. The van der Waals surface area contributed by atoms with E-state index in [1.54, 1.807) is 0 Å². The summed E-state index contributed by atoms with van der Waals surface area (Å²) in [5.74, 6) is 0.755. The van der Waals surface area contributed by atoms with Gasteiger partial charge in [-0.3, -0.25) is 4.98 Å². The van der Waals surface area contributed by atoms with Gasteiger partial charge in [0.2, 0.25) is 0 Å². The van der Waals surface area contributed by atoms with Crippen LogP contribution in [-0.4, -0.2) is 46.8 Å². The van der Waals surface area contributed by atoms with Crippen LogP contribution in [0.15, 0.2) is 48.7 Å². The molecule has 1 aliphatic carbocycles. The first-order valence-electron chi connectivity index (χ1n) is 8.84. The average molecular weight is 361 g/mol. The number of pyridine rings is 1. The molecule has 1 aromatic heterocycles. The van der Waals surface area contributed by atoms with Crippen LogP contribution in [0.25, 0.3) is 0 Å². The van der Waals surface area contributed by atoms with Gasteiger partial charge >= 0.3 is 0 Å². The molecule has 0 bridgehead atoms. The normalized spacial score (nSPS) is 23.6. The van der Waals surface area contributed by atoms with E-state index in [4.69, 9.17) is 16.3 Å². The van der Waals surface area contributed by atoms with E-state index < -0.39 is 6.10 Å². The van der Waals surface area contributed by atoms with E-state index in [0.29, 0.717) is 5.02 Å². The molecule has 2 aromatic rings. The van der Waals surface area contributed by atoms with Crippen LogP contribution in [-0.2, 0) is 6.42 Å². The second-order valence-electron chi connectivity index (χ2n) is 6.65. The van der Waals surface area contributed by atoms with Gasteiger partial charge in [0, 0.05) is 35.9 Å². The molecule has 1 N–H and O–H groups in total. The molecule has 3 atom stereocenters. The van der Waals surface area contributed by atoms with Crippen molar-refractivity contribution in [2.24, 2.45) is 0 Å². The van der Waals surface area contributed by atoms with E-state index in [1.807, 2.05) is 48.7 Å². The predicted octanol–water partition coefficient (Wildman–Crippen LogP) is 3.57. The molecule has 0 aliphatic heterocycles. The van der Waals surface area contributed by atoms with Gasteiger partial charge in [-0.2, -0.15) is 0 Å². The molecular formula is C20H25ClN2O2. The zero-order valence-corrected chi connectivity index (χ0v) is 15.3. The van der Waals surface area contributed by atoms with Gasteiger partial charge in [-0.15, -0.1) is 0 Å². The van der Waals surface area contributed by atoms with Crippen LogP contribution in [0.5, 0.6) is 5.75 Å². The Morgan fingerprint density at radius 2 is 2.00 bits per heavy atom. The maximum atomic E-state index is 10.8. The molecule has 1 aromatic carbocycles. The van der Waals surface area contributed by atoms with Gasteiger partial charge in [0.25, 0.3) is 0 Å². The third kappa shape index (κ3) is 4.94. The highest BCUT2D eigenvalue weighted by Gasteiger charge is 2.35. The lowest BCUT2D eigenvalue weighted by Crippen LogP contribution is -2.52. The smallest absolute Gasteiger partial charge is 0.126 e. The van der Waals surface area contributed by atoms with E-state index in [2.05, 4.69) is 16.9 Å². The SMILES string of the molecule is CN(CCc1ccccn1)[C@H]1CCC[C@@H](Oc2ccc(Cl)cc2)[C@@H]1O. The highest BCUT2D eigenvalue weighted by molar-refractivity contribution is 6.30. The monoisotopic (exact) mass is 360 g/mol. The number of hydrogen-bond donors (Lipinski definition) is 1. The number of aliphatic hydroxyl groups excluding tert-OH is 1. The van der Waals surface area contributed by atoms with Gasteiger partial charge in [-0.1, -0.05) is 17.7 Å². The number of hydrogen-bond acceptors (Lipinski definition) is 4. The Hall–Kier alpha value is -1.62. The number of halogens is 1. The van der Waals surface area contributed by atoms with Crippen LogP contribution in [0.3, 0.4) is 0 Å². The third-order valence-electron chi connectivity index (χ3n) is 4.88. The highest BCUT2D eigenvalue weighted by atomic mass is 35.5. The number of ether oxygens (including phenoxy) is 1. The molecular weight excluding hydrogens is 336 g/mol. The second kappa shape index (κ2) is 8.65. The molecule has 25 heavy (non-hydrogen) atoms. The largest absolute Gasteiger partial charge is 0.488 e. The van der Waals surface area contributed by atoms with E-state index in [1.165, 1.54) is 0 Å². The van der Waals surface area contributed by atoms with Crippen LogP contribution in [0, 0.1) is 0 Å². The maximum absolute atomic E-state index is 10.8. The van der Waals surface area contributed by atoms with E-state index in [-0.39, 0.29) is 12.1 Å². The second-order valence-corrected chi connectivity index (χ2v) is 7.09. The molecule has 0 spiro atoms. The molecule has 134 valence electrons. The standard InChI is InChI=1S/C20H25ClN2O2/c1-23(14-12-16-5-2-3-13-22-16)18-6-4-7-19(20(18)24)25-17-10-8-15(21)9-11-17/h2-3,5,8-11,13,18-20,24H,4,6-7,12,14H2,1H3/t18-,19+,20+/m0/s1. The van der Waals surface area contributed by atoms with E-state index >= 15 is 0 Å². The van der Waals surface area contributed by atoms with Gasteiger partial charge in [0.05, 0.1) is 0 Å². The molecule has 0 unspecified atom stereocenters. The van der Waals surface area contributed by atoms with Gasteiger partial charge in [0.15, 0.2) is 0 Å². The quantitative estimate of drug-likeness (QED) is 0.855. The first kappa shape index (κ1) is 18.2. The highest BCUT2D eigenvalue weighted by Crippen LogP contribution is 2.27. The van der Waals surface area contributed by atoms with Crippen LogP contribution >= 0.6 is 11.6 Å². The Morgan fingerprint density at radius 1 is 1.20 bits per heavy atom. The summed E-state index contributed by atoms with van der Waals surface area (Å²) in [7, 11) is 2.07. The molecule has 0 radical (unpaired) electrons. The Kier molecular flexibility index (Phi) is 6.29. The number of rotatable bonds is 6. The fourth-order valence-corrected chi connectivity index (χ4v) is 3.54.